The van der Waals surface area contributed by atoms with Gasteiger partial charge in [-0.25, -0.2) is 0 Å². The molecule has 0 saturated carbocycles. The van der Waals surface area contributed by atoms with Gasteiger partial charge in [0.15, 0.2) is 0 Å². The molecule has 1 saturated heterocycles. The third-order valence-corrected chi connectivity index (χ3v) is 0.875. The first-order chi connectivity index (χ1) is 3.41. The highest BCUT2D eigenvalue weighted by molar-refractivity contribution is 6.52. The van der Waals surface area contributed by atoms with Crippen LogP contribution < -0.4 is 0 Å². The van der Waals surface area contributed by atoms with Crippen molar-refractivity contribution in [1.82, 2.24) is 0 Å². The van der Waals surface area contributed by atoms with E-state index in [2.05, 4.69) is 9.31 Å². The zero-order valence-corrected chi connectivity index (χ0v) is 4.79. The van der Waals surface area contributed by atoms with Crippen LogP contribution in [0, 0.1) is 0 Å². The second kappa shape index (κ2) is 1.25. The van der Waals surface area contributed by atoms with Crippen LogP contribution >= 0.6 is 0 Å². The fourth-order valence-corrected chi connectivity index (χ4v) is 0.748. The van der Waals surface area contributed by atoms with Gasteiger partial charge in [0.05, 0.1) is 5.79 Å². The number of rotatable bonds is 0. The second-order valence-corrected chi connectivity index (χ2v) is 2.27. The summed E-state index contributed by atoms with van der Waals surface area (Å²) in [4.78, 5) is 0. The van der Waals surface area contributed by atoms with Crippen molar-refractivity contribution in [3.8, 4) is 0 Å². The lowest BCUT2D eigenvalue weighted by atomic mass is 9.99. The predicted octanol–water partition coefficient (Wildman–Crippen LogP) is -0.810. The minimum atomic E-state index is -2.90. The lowest BCUT2D eigenvalue weighted by Gasteiger charge is -2.54. The highest BCUT2D eigenvalue weighted by Gasteiger charge is 2.44. The minimum absolute atomic E-state index is 0.816. The first kappa shape index (κ1) is 6.03. The standard InChI is InChI=1S/C3H8BO4/c1-3(2)7-4(5,6)8-3/h5-6H,1-2H3/q-1. The first-order valence-corrected chi connectivity index (χ1v) is 2.40. The molecule has 0 aromatic rings. The zero-order valence-electron chi connectivity index (χ0n) is 4.79. The molecular weight excluding hydrogens is 111 g/mol. The predicted molar refractivity (Wildman–Crippen MR) is 26.4 cm³/mol. The zero-order chi connectivity index (χ0) is 6.41. The molecule has 1 fully saturated rings. The molecule has 0 amide bonds. The molecule has 0 unspecified atom stereocenters. The summed E-state index contributed by atoms with van der Waals surface area (Å²) in [7, 11) is 0. The summed E-state index contributed by atoms with van der Waals surface area (Å²) in [5.74, 6) is -0.816. The topological polar surface area (TPSA) is 58.9 Å². The smallest absolute Gasteiger partial charge is 0.530 e. The fourth-order valence-electron chi connectivity index (χ4n) is 0.748. The van der Waals surface area contributed by atoms with E-state index in [-0.39, 0.29) is 0 Å². The molecule has 4 nitrogen and oxygen atoms in total. The average Bonchev–Trinajstić information content (AvgIpc) is 1.20. The lowest BCUT2D eigenvalue weighted by molar-refractivity contribution is -0.267. The van der Waals surface area contributed by atoms with Crippen LogP contribution in [0.3, 0.4) is 0 Å². The first-order valence-electron chi connectivity index (χ1n) is 2.40. The Morgan fingerprint density at radius 2 is 1.62 bits per heavy atom. The molecular formula is C3H8BO4-. The van der Waals surface area contributed by atoms with Gasteiger partial charge in [-0.15, -0.1) is 0 Å². The van der Waals surface area contributed by atoms with Crippen molar-refractivity contribution in [1.29, 1.82) is 0 Å². The van der Waals surface area contributed by atoms with Crippen LogP contribution in [0.2, 0.25) is 0 Å². The average molecular weight is 119 g/mol. The maximum Gasteiger partial charge on any atom is 0.530 e. The quantitative estimate of drug-likeness (QED) is 0.409. The van der Waals surface area contributed by atoms with E-state index in [1.807, 2.05) is 0 Å². The van der Waals surface area contributed by atoms with E-state index < -0.39 is 12.7 Å². The molecule has 2 N–H and O–H groups in total. The molecule has 1 rings (SSSR count). The third-order valence-electron chi connectivity index (χ3n) is 0.875. The van der Waals surface area contributed by atoms with Crippen molar-refractivity contribution in [2.45, 2.75) is 19.6 Å². The van der Waals surface area contributed by atoms with Crippen molar-refractivity contribution in [3.63, 3.8) is 0 Å². The lowest BCUT2D eigenvalue weighted by Crippen LogP contribution is -2.64. The van der Waals surface area contributed by atoms with Crippen molar-refractivity contribution >= 4 is 6.96 Å². The summed E-state index contributed by atoms with van der Waals surface area (Å²) >= 11 is 0. The molecule has 0 aromatic heterocycles. The normalized spacial score (nSPS) is 31.5. The molecule has 1 aliphatic heterocycles. The van der Waals surface area contributed by atoms with E-state index in [9.17, 15) is 0 Å². The van der Waals surface area contributed by atoms with Crippen LogP contribution in [-0.4, -0.2) is 22.8 Å². The molecule has 8 heavy (non-hydrogen) atoms. The minimum Gasteiger partial charge on any atom is -0.533 e. The second-order valence-electron chi connectivity index (χ2n) is 2.27. The van der Waals surface area contributed by atoms with Crippen molar-refractivity contribution in [3.05, 3.63) is 0 Å². The molecule has 0 aromatic carbocycles. The van der Waals surface area contributed by atoms with Crippen LogP contribution in [0.5, 0.6) is 0 Å². The van der Waals surface area contributed by atoms with Crippen molar-refractivity contribution in [2.24, 2.45) is 0 Å². The summed E-state index contributed by atoms with van der Waals surface area (Å²) in [6.07, 6.45) is 0. The maximum absolute atomic E-state index is 8.42. The van der Waals surface area contributed by atoms with Gasteiger partial charge in [-0.05, 0) is 13.8 Å². The van der Waals surface area contributed by atoms with Gasteiger partial charge in [-0.3, -0.25) is 0 Å². The van der Waals surface area contributed by atoms with Crippen LogP contribution in [0.1, 0.15) is 13.8 Å². The van der Waals surface area contributed by atoms with Gasteiger partial charge >= 0.3 is 6.96 Å². The van der Waals surface area contributed by atoms with E-state index in [0.717, 1.165) is 0 Å². The van der Waals surface area contributed by atoms with Gasteiger partial charge in [0.1, 0.15) is 0 Å². The van der Waals surface area contributed by atoms with Crippen LogP contribution in [0.25, 0.3) is 0 Å². The van der Waals surface area contributed by atoms with Gasteiger partial charge < -0.3 is 19.4 Å². The van der Waals surface area contributed by atoms with Gasteiger partial charge in [-0.1, -0.05) is 0 Å². The number of hydrogen-bond acceptors (Lipinski definition) is 4. The van der Waals surface area contributed by atoms with E-state index >= 15 is 0 Å². The Morgan fingerprint density at radius 1 is 1.25 bits per heavy atom. The van der Waals surface area contributed by atoms with Gasteiger partial charge in [-0.2, -0.15) is 0 Å². The van der Waals surface area contributed by atoms with E-state index in [1.54, 1.807) is 13.8 Å². The Hall–Kier alpha value is -0.0951. The molecule has 0 spiro atoms. The highest BCUT2D eigenvalue weighted by Crippen LogP contribution is 2.29. The van der Waals surface area contributed by atoms with Gasteiger partial charge in [0.2, 0.25) is 0 Å². The van der Waals surface area contributed by atoms with Crippen LogP contribution in [0.4, 0.5) is 0 Å². The van der Waals surface area contributed by atoms with E-state index in [4.69, 9.17) is 10.0 Å². The highest BCUT2D eigenvalue weighted by atomic mass is 16.9. The van der Waals surface area contributed by atoms with E-state index in [0.29, 0.717) is 0 Å². The largest absolute Gasteiger partial charge is 0.533 e. The Labute approximate surface area is 47.1 Å². The Kier molecular flexibility index (Phi) is 0.939. The fraction of sp³-hybridized carbons (Fsp3) is 1.00. The van der Waals surface area contributed by atoms with Gasteiger partial charge in [0.25, 0.3) is 0 Å². The summed E-state index contributed by atoms with van der Waals surface area (Å²) in [5.41, 5.74) is 0. The summed E-state index contributed by atoms with van der Waals surface area (Å²) in [6, 6.07) is 0. The number of hydrogen-bond donors (Lipinski definition) is 2. The Morgan fingerprint density at radius 3 is 1.62 bits per heavy atom. The third kappa shape index (κ3) is 1.00. The molecule has 1 aliphatic rings. The Bertz CT molecular complexity index is 87.9. The Balaban J connectivity index is 2.42. The van der Waals surface area contributed by atoms with Gasteiger partial charge in [0, 0.05) is 0 Å². The van der Waals surface area contributed by atoms with Crippen LogP contribution in [0.15, 0.2) is 0 Å². The van der Waals surface area contributed by atoms with E-state index in [1.165, 1.54) is 0 Å². The molecule has 0 atom stereocenters. The SMILES string of the molecule is CC1(C)O[B-](O)(O)O1. The molecule has 5 heteroatoms. The molecule has 48 valence electrons. The summed E-state index contributed by atoms with van der Waals surface area (Å²) in [5, 5.41) is 16.8. The molecule has 0 bridgehead atoms. The van der Waals surface area contributed by atoms with Crippen molar-refractivity contribution in [2.75, 3.05) is 0 Å². The summed E-state index contributed by atoms with van der Waals surface area (Å²) < 4.78 is 8.93. The molecule has 0 radical (unpaired) electrons. The molecule has 1 heterocycles. The monoisotopic (exact) mass is 119 g/mol. The summed E-state index contributed by atoms with van der Waals surface area (Å²) in [6.45, 7) is 0.291. The maximum atomic E-state index is 8.42. The van der Waals surface area contributed by atoms with Crippen LogP contribution in [-0.2, 0) is 9.31 Å². The van der Waals surface area contributed by atoms with Crippen molar-refractivity contribution < 1.29 is 19.4 Å². The molecule has 0 aliphatic carbocycles.